The van der Waals surface area contributed by atoms with E-state index < -0.39 is 0 Å². The molecule has 0 bridgehead atoms. The van der Waals surface area contributed by atoms with Crippen molar-refractivity contribution in [2.75, 3.05) is 13.7 Å². The van der Waals surface area contributed by atoms with Gasteiger partial charge in [0, 0.05) is 30.2 Å². The fourth-order valence-corrected chi connectivity index (χ4v) is 4.46. The Hall–Kier alpha value is -1.85. The molecule has 1 aromatic heterocycles. The number of thiophene rings is 1. The molecule has 1 aliphatic heterocycles. The number of carbonyl (C=O) groups excluding carboxylic acids is 1. The van der Waals surface area contributed by atoms with E-state index in [1.807, 2.05) is 18.2 Å². The number of benzene rings is 1. The fraction of sp³-hybridized carbons (Fsp3) is 0.400. The second-order valence-electron chi connectivity index (χ2n) is 7.01. The quantitative estimate of drug-likeness (QED) is 0.748. The van der Waals surface area contributed by atoms with Gasteiger partial charge in [-0.15, -0.1) is 11.3 Å². The lowest BCUT2D eigenvalue weighted by atomic mass is 9.78. The van der Waals surface area contributed by atoms with Crippen molar-refractivity contribution in [2.45, 2.75) is 38.5 Å². The van der Waals surface area contributed by atoms with Crippen LogP contribution in [0.25, 0.3) is 11.1 Å². The van der Waals surface area contributed by atoms with Gasteiger partial charge in [-0.3, -0.25) is 10.2 Å². The Morgan fingerprint density at radius 2 is 2.08 bits per heavy atom. The summed E-state index contributed by atoms with van der Waals surface area (Å²) in [5, 5.41) is 10.8. The number of amidine groups is 1. The van der Waals surface area contributed by atoms with Gasteiger partial charge in [-0.05, 0) is 41.1 Å². The van der Waals surface area contributed by atoms with Crippen molar-refractivity contribution in [1.82, 2.24) is 4.90 Å². The fourth-order valence-electron chi connectivity index (χ4n) is 3.14. The van der Waals surface area contributed by atoms with Gasteiger partial charge in [-0.1, -0.05) is 31.5 Å². The molecule has 4 nitrogen and oxygen atoms in total. The van der Waals surface area contributed by atoms with Gasteiger partial charge in [0.15, 0.2) is 0 Å². The van der Waals surface area contributed by atoms with Crippen LogP contribution in [0.5, 0.6) is 5.75 Å². The zero-order valence-electron chi connectivity index (χ0n) is 15.3. The highest BCUT2D eigenvalue weighted by molar-refractivity contribution is 7.10. The van der Waals surface area contributed by atoms with Crippen LogP contribution >= 0.6 is 22.9 Å². The normalized spacial score (nSPS) is 20.5. The van der Waals surface area contributed by atoms with Crippen LogP contribution in [-0.4, -0.2) is 30.3 Å². The zero-order chi connectivity index (χ0) is 18.9. The summed E-state index contributed by atoms with van der Waals surface area (Å²) in [7, 11) is 1.67. The molecule has 1 fully saturated rings. The number of nitrogens with zero attached hydrogens (tertiary/aromatic N) is 1. The molecule has 1 atom stereocenters. The van der Waals surface area contributed by atoms with Crippen molar-refractivity contribution in [3.05, 3.63) is 39.5 Å². The third-order valence-corrected chi connectivity index (χ3v) is 6.33. The molecule has 2 heterocycles. The first-order valence-electron chi connectivity index (χ1n) is 8.70. The Balaban J connectivity index is 1.85. The lowest BCUT2D eigenvalue weighted by molar-refractivity contribution is -0.128. The number of carbonyl (C=O) groups is 1. The minimum Gasteiger partial charge on any atom is -0.492 e. The molecule has 2 aromatic rings. The molecule has 1 aromatic carbocycles. The van der Waals surface area contributed by atoms with E-state index >= 15 is 0 Å². The molecule has 1 saturated heterocycles. The Morgan fingerprint density at radius 1 is 1.31 bits per heavy atom. The average molecular weight is 391 g/mol. The van der Waals surface area contributed by atoms with Gasteiger partial charge in [0.1, 0.15) is 11.6 Å². The molecule has 0 unspecified atom stereocenters. The Kier molecular flexibility index (Phi) is 5.39. The predicted octanol–water partition coefficient (Wildman–Crippen LogP) is 5.34. The van der Waals surface area contributed by atoms with Gasteiger partial charge in [0.25, 0.3) is 0 Å². The number of likely N-dealkylation sites (tertiary alicyclic amines) is 1. The highest BCUT2D eigenvalue weighted by atomic mass is 35.5. The zero-order valence-corrected chi connectivity index (χ0v) is 16.8. The summed E-state index contributed by atoms with van der Waals surface area (Å²) >= 11 is 7.99. The van der Waals surface area contributed by atoms with Crippen molar-refractivity contribution >= 4 is 34.7 Å². The van der Waals surface area contributed by atoms with Crippen LogP contribution in [0.4, 0.5) is 0 Å². The highest BCUT2D eigenvalue weighted by Crippen LogP contribution is 2.42. The number of piperidine rings is 1. The molecule has 0 aliphatic carbocycles. The molecule has 6 heteroatoms. The molecule has 1 amide bonds. The molecular formula is C20H23ClN2O2S. The van der Waals surface area contributed by atoms with E-state index in [9.17, 15) is 4.79 Å². The van der Waals surface area contributed by atoms with Crippen LogP contribution in [-0.2, 0) is 10.2 Å². The smallest absolute Gasteiger partial charge is 0.228 e. The molecule has 3 rings (SSSR count). The minimum atomic E-state index is -0.322. The largest absolute Gasteiger partial charge is 0.492 e. The summed E-state index contributed by atoms with van der Waals surface area (Å²) in [5.74, 6) is 1.08. The van der Waals surface area contributed by atoms with Crippen molar-refractivity contribution in [3.8, 4) is 16.9 Å². The van der Waals surface area contributed by atoms with Gasteiger partial charge in [-0.2, -0.15) is 0 Å². The maximum Gasteiger partial charge on any atom is 0.228 e. The number of ether oxygens (including phenoxy) is 1. The summed E-state index contributed by atoms with van der Waals surface area (Å²) in [6.45, 7) is 4.77. The highest BCUT2D eigenvalue weighted by Gasteiger charge is 2.39. The monoisotopic (exact) mass is 390 g/mol. The number of rotatable bonds is 5. The van der Waals surface area contributed by atoms with Crippen molar-refractivity contribution < 1.29 is 9.53 Å². The number of halogens is 1. The molecule has 0 spiro atoms. The van der Waals surface area contributed by atoms with Crippen molar-refractivity contribution in [2.24, 2.45) is 0 Å². The maximum atomic E-state index is 12.2. The summed E-state index contributed by atoms with van der Waals surface area (Å²) in [5.41, 5.74) is 1.78. The first-order valence-corrected chi connectivity index (χ1v) is 9.95. The summed E-state index contributed by atoms with van der Waals surface area (Å²) < 4.78 is 5.63. The minimum absolute atomic E-state index is 0.000768. The standard InChI is InChI=1S/C20H23ClN2O2S/c1-4-7-25-16-6-5-13(8-15(16)21)14-9-17(26-12-14)20(2)10-18(22)23(3)19(24)11-20/h5-6,8-9,12,22H,4,7,10-11H2,1-3H3/t20-/m0/s1. The summed E-state index contributed by atoms with van der Waals surface area (Å²) in [6, 6.07) is 7.95. The van der Waals surface area contributed by atoms with E-state index in [4.69, 9.17) is 21.7 Å². The summed E-state index contributed by atoms with van der Waals surface area (Å²) in [6.07, 6.45) is 1.93. The second kappa shape index (κ2) is 7.41. The average Bonchev–Trinajstić information content (AvgIpc) is 3.09. The van der Waals surface area contributed by atoms with E-state index in [-0.39, 0.29) is 11.3 Å². The van der Waals surface area contributed by atoms with Crippen LogP contribution in [0.1, 0.15) is 38.0 Å². The van der Waals surface area contributed by atoms with Gasteiger partial charge in [0.05, 0.1) is 11.6 Å². The number of hydrogen-bond acceptors (Lipinski definition) is 4. The SMILES string of the molecule is CCCOc1ccc(-c2csc([C@@]3(C)CC(=N)N(C)C(=O)C3)c2)cc1Cl. The van der Waals surface area contributed by atoms with Crippen LogP contribution < -0.4 is 4.74 Å². The van der Waals surface area contributed by atoms with Crippen LogP contribution in [0, 0.1) is 5.41 Å². The van der Waals surface area contributed by atoms with Crippen LogP contribution in [0.3, 0.4) is 0 Å². The van der Waals surface area contributed by atoms with Crippen molar-refractivity contribution in [1.29, 1.82) is 5.41 Å². The third kappa shape index (κ3) is 3.64. The number of nitrogens with one attached hydrogen (secondary N) is 1. The molecular weight excluding hydrogens is 368 g/mol. The lowest BCUT2D eigenvalue weighted by Crippen LogP contribution is -2.46. The first-order chi connectivity index (χ1) is 12.3. The summed E-state index contributed by atoms with van der Waals surface area (Å²) in [4.78, 5) is 14.8. The Bertz CT molecular complexity index is 828. The maximum absolute atomic E-state index is 12.2. The van der Waals surface area contributed by atoms with Gasteiger partial charge >= 0.3 is 0 Å². The molecule has 1 N–H and O–H groups in total. The van der Waals surface area contributed by atoms with E-state index in [2.05, 4.69) is 25.3 Å². The van der Waals surface area contributed by atoms with Gasteiger partial charge in [-0.25, -0.2) is 0 Å². The predicted molar refractivity (Wildman–Crippen MR) is 108 cm³/mol. The molecule has 1 aliphatic rings. The van der Waals surface area contributed by atoms with Crippen LogP contribution in [0.2, 0.25) is 5.02 Å². The number of amides is 1. The van der Waals surface area contributed by atoms with Gasteiger partial charge < -0.3 is 9.64 Å². The van der Waals surface area contributed by atoms with E-state index in [1.165, 1.54) is 4.90 Å². The Labute approximate surface area is 163 Å². The van der Waals surface area contributed by atoms with Crippen LogP contribution in [0.15, 0.2) is 29.6 Å². The van der Waals surface area contributed by atoms with E-state index in [0.29, 0.717) is 36.1 Å². The second-order valence-corrected chi connectivity index (χ2v) is 8.33. The topological polar surface area (TPSA) is 53.4 Å². The first kappa shape index (κ1) is 18.9. The van der Waals surface area contributed by atoms with Gasteiger partial charge in [0.2, 0.25) is 5.91 Å². The third-order valence-electron chi connectivity index (χ3n) is 4.80. The van der Waals surface area contributed by atoms with E-state index in [1.54, 1.807) is 18.4 Å². The molecule has 26 heavy (non-hydrogen) atoms. The van der Waals surface area contributed by atoms with E-state index in [0.717, 1.165) is 22.4 Å². The lowest BCUT2D eigenvalue weighted by Gasteiger charge is -2.36. The van der Waals surface area contributed by atoms with Crippen molar-refractivity contribution in [3.63, 3.8) is 0 Å². The molecule has 0 radical (unpaired) electrons. The molecule has 138 valence electrons. The Morgan fingerprint density at radius 3 is 2.73 bits per heavy atom. The molecule has 0 saturated carbocycles. The number of hydrogen-bond donors (Lipinski definition) is 1.